The second-order valence-electron chi connectivity index (χ2n) is 5.45. The van der Waals surface area contributed by atoms with Crippen LogP contribution in [0.25, 0.3) is 0 Å². The van der Waals surface area contributed by atoms with E-state index in [-0.39, 0.29) is 0 Å². The maximum absolute atomic E-state index is 9.79. The van der Waals surface area contributed by atoms with E-state index in [1.165, 1.54) is 5.56 Å². The lowest BCUT2D eigenvalue weighted by Gasteiger charge is -2.23. The van der Waals surface area contributed by atoms with Gasteiger partial charge in [-0.15, -0.1) is 0 Å². The van der Waals surface area contributed by atoms with Crippen molar-refractivity contribution in [3.63, 3.8) is 0 Å². The van der Waals surface area contributed by atoms with Gasteiger partial charge in [0.25, 0.3) is 0 Å². The number of aliphatic hydroxyl groups excluding tert-OH is 1. The van der Waals surface area contributed by atoms with Crippen molar-refractivity contribution in [3.8, 4) is 0 Å². The van der Waals surface area contributed by atoms with Crippen molar-refractivity contribution in [2.24, 2.45) is 0 Å². The standard InChI is InChI=1S/C18H28N2O/c1-5-17(18(21)6-2)15-20(4)13-12-19(3)14-16-10-8-7-9-11-16/h5-11,21H,12-15H2,1-4H3/b17-5-,18-6+. The third-order valence-electron chi connectivity index (χ3n) is 3.55. The van der Waals surface area contributed by atoms with Gasteiger partial charge in [-0.1, -0.05) is 36.4 Å². The van der Waals surface area contributed by atoms with Gasteiger partial charge in [0, 0.05) is 31.8 Å². The van der Waals surface area contributed by atoms with Gasteiger partial charge in [0.15, 0.2) is 0 Å². The SMILES string of the molecule is C/C=C(CN(C)CCN(C)Cc1ccccc1)\C(O)=C/C. The minimum Gasteiger partial charge on any atom is -0.508 e. The number of hydrogen-bond acceptors (Lipinski definition) is 3. The van der Waals surface area contributed by atoms with Crippen LogP contribution in [0.1, 0.15) is 19.4 Å². The van der Waals surface area contributed by atoms with Crippen LogP contribution in [0.4, 0.5) is 0 Å². The summed E-state index contributed by atoms with van der Waals surface area (Å²) in [5.41, 5.74) is 2.31. The fourth-order valence-electron chi connectivity index (χ4n) is 2.19. The number of nitrogens with zero attached hydrogens (tertiary/aromatic N) is 2. The highest BCUT2D eigenvalue weighted by atomic mass is 16.3. The van der Waals surface area contributed by atoms with E-state index in [2.05, 4.69) is 48.2 Å². The molecule has 0 radical (unpaired) electrons. The van der Waals surface area contributed by atoms with Gasteiger partial charge in [0.05, 0.1) is 0 Å². The first-order valence-corrected chi connectivity index (χ1v) is 7.48. The Kier molecular flexibility index (Phi) is 7.80. The normalized spacial score (nSPS) is 13.2. The fourth-order valence-corrected chi connectivity index (χ4v) is 2.19. The molecule has 0 saturated carbocycles. The molecule has 1 N–H and O–H groups in total. The Morgan fingerprint density at radius 1 is 1.00 bits per heavy atom. The van der Waals surface area contributed by atoms with Gasteiger partial charge in [-0.2, -0.15) is 0 Å². The van der Waals surface area contributed by atoms with Gasteiger partial charge in [0.2, 0.25) is 0 Å². The molecule has 0 atom stereocenters. The average molecular weight is 288 g/mol. The minimum absolute atomic E-state index is 0.377. The Bertz CT molecular complexity index is 465. The van der Waals surface area contributed by atoms with Gasteiger partial charge >= 0.3 is 0 Å². The summed E-state index contributed by atoms with van der Waals surface area (Å²) in [5.74, 6) is 0.377. The molecule has 0 aliphatic carbocycles. The van der Waals surface area contributed by atoms with Crippen molar-refractivity contribution in [1.29, 1.82) is 0 Å². The molecule has 1 aromatic rings. The Morgan fingerprint density at radius 2 is 1.62 bits per heavy atom. The number of benzene rings is 1. The van der Waals surface area contributed by atoms with Gasteiger partial charge in [-0.05, 0) is 39.6 Å². The smallest absolute Gasteiger partial charge is 0.115 e. The minimum atomic E-state index is 0.377. The van der Waals surface area contributed by atoms with Gasteiger partial charge in [-0.25, -0.2) is 0 Å². The highest BCUT2D eigenvalue weighted by Gasteiger charge is 2.07. The molecule has 3 nitrogen and oxygen atoms in total. The molecule has 0 aromatic heterocycles. The molecule has 0 aliphatic rings. The van der Waals surface area contributed by atoms with Crippen LogP contribution in [0, 0.1) is 0 Å². The number of aliphatic hydroxyl groups is 1. The molecule has 0 bridgehead atoms. The first-order valence-electron chi connectivity index (χ1n) is 7.48. The molecular formula is C18H28N2O. The van der Waals surface area contributed by atoms with E-state index in [9.17, 15) is 5.11 Å². The van der Waals surface area contributed by atoms with E-state index in [4.69, 9.17) is 0 Å². The molecular weight excluding hydrogens is 260 g/mol. The van der Waals surface area contributed by atoms with Crippen molar-refractivity contribution in [3.05, 3.63) is 59.4 Å². The van der Waals surface area contributed by atoms with Crippen LogP contribution in [-0.4, -0.2) is 48.6 Å². The van der Waals surface area contributed by atoms with Gasteiger partial charge in [-0.3, -0.25) is 0 Å². The quantitative estimate of drug-likeness (QED) is 0.586. The van der Waals surface area contributed by atoms with E-state index in [0.29, 0.717) is 5.76 Å². The van der Waals surface area contributed by atoms with Crippen LogP contribution < -0.4 is 0 Å². The second-order valence-corrected chi connectivity index (χ2v) is 5.45. The third kappa shape index (κ3) is 6.61. The lowest BCUT2D eigenvalue weighted by molar-refractivity contribution is 0.259. The summed E-state index contributed by atoms with van der Waals surface area (Å²) in [7, 11) is 4.23. The molecule has 0 unspecified atom stereocenters. The zero-order chi connectivity index (χ0) is 15.7. The van der Waals surface area contributed by atoms with Crippen LogP contribution in [-0.2, 0) is 6.54 Å². The van der Waals surface area contributed by atoms with Crippen LogP contribution in [0.5, 0.6) is 0 Å². The monoisotopic (exact) mass is 288 g/mol. The number of likely N-dealkylation sites (N-methyl/N-ethyl adjacent to an activating group) is 2. The van der Waals surface area contributed by atoms with Crippen molar-refractivity contribution in [2.75, 3.05) is 33.7 Å². The molecule has 0 amide bonds. The van der Waals surface area contributed by atoms with E-state index in [1.807, 2.05) is 26.0 Å². The molecule has 21 heavy (non-hydrogen) atoms. The summed E-state index contributed by atoms with van der Waals surface area (Å²) in [6.45, 7) is 7.52. The van der Waals surface area contributed by atoms with Gasteiger partial charge in [0.1, 0.15) is 5.76 Å². The topological polar surface area (TPSA) is 26.7 Å². The predicted octanol–water partition coefficient (Wildman–Crippen LogP) is 3.46. The zero-order valence-electron chi connectivity index (χ0n) is 13.7. The average Bonchev–Trinajstić information content (AvgIpc) is 2.50. The molecule has 0 heterocycles. The highest BCUT2D eigenvalue weighted by molar-refractivity contribution is 5.25. The maximum Gasteiger partial charge on any atom is 0.115 e. The Morgan fingerprint density at radius 3 is 2.19 bits per heavy atom. The van der Waals surface area contributed by atoms with Crippen molar-refractivity contribution in [2.45, 2.75) is 20.4 Å². The maximum atomic E-state index is 9.79. The van der Waals surface area contributed by atoms with Gasteiger partial charge < -0.3 is 14.9 Å². The molecule has 0 spiro atoms. The molecule has 0 saturated heterocycles. The molecule has 3 heteroatoms. The van der Waals surface area contributed by atoms with Crippen molar-refractivity contribution < 1.29 is 5.11 Å². The summed E-state index contributed by atoms with van der Waals surface area (Å²) in [5, 5.41) is 9.79. The highest BCUT2D eigenvalue weighted by Crippen LogP contribution is 2.08. The summed E-state index contributed by atoms with van der Waals surface area (Å²) >= 11 is 0. The number of allylic oxidation sites excluding steroid dienone is 2. The van der Waals surface area contributed by atoms with Crippen LogP contribution >= 0.6 is 0 Å². The van der Waals surface area contributed by atoms with Crippen LogP contribution in [0.2, 0.25) is 0 Å². The Balaban J connectivity index is 2.37. The lowest BCUT2D eigenvalue weighted by atomic mass is 10.2. The molecule has 0 aliphatic heterocycles. The van der Waals surface area contributed by atoms with E-state index >= 15 is 0 Å². The lowest BCUT2D eigenvalue weighted by Crippen LogP contribution is -2.32. The Hall–Kier alpha value is -1.58. The fraction of sp³-hybridized carbons (Fsp3) is 0.444. The second kappa shape index (κ2) is 9.37. The largest absolute Gasteiger partial charge is 0.508 e. The first-order chi connectivity index (χ1) is 10.1. The third-order valence-corrected chi connectivity index (χ3v) is 3.55. The van der Waals surface area contributed by atoms with Crippen molar-refractivity contribution in [1.82, 2.24) is 9.80 Å². The summed E-state index contributed by atoms with van der Waals surface area (Å²) < 4.78 is 0. The van der Waals surface area contributed by atoms with E-state index in [0.717, 1.165) is 31.8 Å². The molecule has 1 aromatic carbocycles. The van der Waals surface area contributed by atoms with Crippen molar-refractivity contribution >= 4 is 0 Å². The first kappa shape index (κ1) is 17.5. The molecule has 1 rings (SSSR count). The van der Waals surface area contributed by atoms with E-state index in [1.54, 1.807) is 6.08 Å². The molecule has 0 fully saturated rings. The number of hydrogen-bond donors (Lipinski definition) is 1. The summed E-state index contributed by atoms with van der Waals surface area (Å²) in [6.07, 6.45) is 3.71. The summed E-state index contributed by atoms with van der Waals surface area (Å²) in [6, 6.07) is 10.5. The number of rotatable bonds is 8. The summed E-state index contributed by atoms with van der Waals surface area (Å²) in [4.78, 5) is 4.55. The van der Waals surface area contributed by atoms with E-state index < -0.39 is 0 Å². The van der Waals surface area contributed by atoms with Crippen LogP contribution in [0.3, 0.4) is 0 Å². The van der Waals surface area contributed by atoms with Crippen LogP contribution in [0.15, 0.2) is 53.8 Å². The Labute approximate surface area is 129 Å². The predicted molar refractivity (Wildman–Crippen MR) is 90.4 cm³/mol. The molecule has 116 valence electrons. The zero-order valence-corrected chi connectivity index (χ0v) is 13.7.